The van der Waals surface area contributed by atoms with Crippen molar-refractivity contribution in [3.05, 3.63) is 53.9 Å². The predicted octanol–water partition coefficient (Wildman–Crippen LogP) is 5.83. The van der Waals surface area contributed by atoms with Gasteiger partial charge >= 0.3 is 6.18 Å². The predicted molar refractivity (Wildman–Crippen MR) is 144 cm³/mol. The second-order valence-corrected chi connectivity index (χ2v) is 11.6. The smallest absolute Gasteiger partial charge is 0.369 e. The van der Waals surface area contributed by atoms with Gasteiger partial charge < -0.3 is 19.4 Å². The summed E-state index contributed by atoms with van der Waals surface area (Å²) in [7, 11) is 0. The summed E-state index contributed by atoms with van der Waals surface area (Å²) in [4.78, 5) is 33.1. The summed E-state index contributed by atoms with van der Waals surface area (Å²) in [6, 6.07) is 2.13. The molecule has 1 aliphatic heterocycles. The van der Waals surface area contributed by atoms with Gasteiger partial charge in [0.1, 0.15) is 11.5 Å². The summed E-state index contributed by atoms with van der Waals surface area (Å²) in [6.45, 7) is 0.513. The number of pyridine rings is 1. The zero-order chi connectivity index (χ0) is 27.4. The molecular weight excluding hydrogens is 541 g/mol. The number of imidazole rings is 2. The number of thiazole rings is 1. The minimum absolute atomic E-state index is 0.0214. The number of rotatable bonds is 7. The number of halogens is 3. The topological polar surface area (TPSA) is 93.8 Å². The van der Waals surface area contributed by atoms with Gasteiger partial charge in [0.15, 0.2) is 10.8 Å². The molecule has 1 N–H and O–H groups in total. The lowest BCUT2D eigenvalue weighted by molar-refractivity contribution is -0.179. The van der Waals surface area contributed by atoms with E-state index in [9.17, 15) is 18.0 Å². The zero-order valence-corrected chi connectivity index (χ0v) is 22.3. The monoisotopic (exact) mass is 568 g/mol. The van der Waals surface area contributed by atoms with Crippen molar-refractivity contribution >= 4 is 28.7 Å². The van der Waals surface area contributed by atoms with Crippen LogP contribution in [0.3, 0.4) is 0 Å². The van der Waals surface area contributed by atoms with Gasteiger partial charge in [0.25, 0.3) is 5.91 Å². The summed E-state index contributed by atoms with van der Waals surface area (Å²) < 4.78 is 43.8. The Morgan fingerprint density at radius 3 is 2.55 bits per heavy atom. The zero-order valence-electron chi connectivity index (χ0n) is 21.5. The number of piperidine rings is 1. The van der Waals surface area contributed by atoms with Crippen LogP contribution in [0.4, 0.5) is 24.7 Å². The molecule has 3 aliphatic rings. The van der Waals surface area contributed by atoms with Crippen molar-refractivity contribution < 1.29 is 18.0 Å². The van der Waals surface area contributed by atoms with Gasteiger partial charge in [0, 0.05) is 49.0 Å². The van der Waals surface area contributed by atoms with Gasteiger partial charge in [-0.25, -0.2) is 19.9 Å². The van der Waals surface area contributed by atoms with E-state index in [0.29, 0.717) is 29.2 Å². The van der Waals surface area contributed by atoms with Gasteiger partial charge in [-0.2, -0.15) is 13.2 Å². The molecule has 1 amide bonds. The van der Waals surface area contributed by atoms with Gasteiger partial charge in [-0.05, 0) is 44.6 Å². The quantitative estimate of drug-likeness (QED) is 0.302. The number of nitrogens with one attached hydrogen (secondary N) is 1. The molecule has 2 saturated carbocycles. The first-order valence-electron chi connectivity index (χ1n) is 13.5. The number of nitrogens with zero attached hydrogens (tertiary/aromatic N) is 7. The molecule has 0 atom stereocenters. The lowest BCUT2D eigenvalue weighted by Gasteiger charge is -2.35. The van der Waals surface area contributed by atoms with Crippen molar-refractivity contribution in [2.24, 2.45) is 5.92 Å². The summed E-state index contributed by atoms with van der Waals surface area (Å²) in [5.74, 6) is -0.0840. The summed E-state index contributed by atoms with van der Waals surface area (Å²) in [5.41, 5.74) is 2.50. The van der Waals surface area contributed by atoms with Gasteiger partial charge in [-0.3, -0.25) is 4.79 Å². The summed E-state index contributed by atoms with van der Waals surface area (Å²) in [5, 5.41) is 5.34. The number of alkyl halides is 3. The maximum Gasteiger partial charge on any atom is 0.391 e. The molecule has 0 radical (unpaired) electrons. The van der Waals surface area contributed by atoms with Gasteiger partial charge in [0.05, 0.1) is 35.5 Å². The van der Waals surface area contributed by atoms with Crippen LogP contribution < -0.4 is 10.2 Å². The van der Waals surface area contributed by atoms with Crippen LogP contribution in [0.15, 0.2) is 42.6 Å². The van der Waals surface area contributed by atoms with Crippen molar-refractivity contribution in [2.75, 3.05) is 23.3 Å². The van der Waals surface area contributed by atoms with Crippen LogP contribution in [0, 0.1) is 5.92 Å². The van der Waals surface area contributed by atoms with E-state index < -0.39 is 18.0 Å². The van der Waals surface area contributed by atoms with Crippen molar-refractivity contribution in [2.45, 2.75) is 56.7 Å². The number of hydrogen-bond donors (Lipinski definition) is 1. The van der Waals surface area contributed by atoms with E-state index in [2.05, 4.69) is 29.8 Å². The molecule has 208 valence electrons. The molecular formula is C27H27F3N8OS. The molecule has 0 spiro atoms. The van der Waals surface area contributed by atoms with Gasteiger partial charge in [0.2, 0.25) is 0 Å². The van der Waals surface area contributed by atoms with E-state index >= 15 is 0 Å². The van der Waals surface area contributed by atoms with E-state index in [1.54, 1.807) is 30.2 Å². The van der Waals surface area contributed by atoms with Gasteiger partial charge in [-0.15, -0.1) is 11.3 Å². The van der Waals surface area contributed by atoms with E-state index in [-0.39, 0.29) is 31.6 Å². The number of amides is 1. The molecule has 1 saturated heterocycles. The molecule has 9 nitrogen and oxygen atoms in total. The van der Waals surface area contributed by atoms with Crippen LogP contribution in [-0.4, -0.2) is 54.2 Å². The first-order valence-corrected chi connectivity index (χ1v) is 14.4. The minimum atomic E-state index is -4.19. The Bertz CT molecular complexity index is 1540. The van der Waals surface area contributed by atoms with Crippen LogP contribution in [0.2, 0.25) is 0 Å². The molecule has 7 rings (SSSR count). The van der Waals surface area contributed by atoms with Gasteiger partial charge in [-0.1, -0.05) is 0 Å². The second kappa shape index (κ2) is 9.72. The Labute approximate surface area is 232 Å². The fraction of sp³-hybridized carbons (Fsp3) is 0.444. The maximum absolute atomic E-state index is 13.3. The minimum Gasteiger partial charge on any atom is -0.369 e. The number of carbonyl (C=O) groups excluding carboxylic acids is 1. The van der Waals surface area contributed by atoms with Crippen molar-refractivity contribution in [1.82, 2.24) is 29.1 Å². The Morgan fingerprint density at radius 1 is 1.02 bits per heavy atom. The summed E-state index contributed by atoms with van der Waals surface area (Å²) >= 11 is 1.41. The number of carbonyl (C=O) groups is 1. The first-order chi connectivity index (χ1) is 19.3. The van der Waals surface area contributed by atoms with Crippen LogP contribution in [0.25, 0.3) is 16.5 Å². The van der Waals surface area contributed by atoms with E-state index in [4.69, 9.17) is 0 Å². The van der Waals surface area contributed by atoms with Crippen molar-refractivity contribution in [1.29, 1.82) is 0 Å². The van der Waals surface area contributed by atoms with Crippen LogP contribution in [-0.2, 0) is 0 Å². The average molecular weight is 569 g/mol. The second-order valence-electron chi connectivity index (χ2n) is 10.7. The Balaban J connectivity index is 1.14. The Morgan fingerprint density at radius 2 is 1.82 bits per heavy atom. The Kier molecular flexibility index (Phi) is 6.13. The lowest BCUT2D eigenvalue weighted by atomic mass is 9.96. The third kappa shape index (κ3) is 4.98. The highest BCUT2D eigenvalue weighted by atomic mass is 32.1. The van der Waals surface area contributed by atoms with Crippen molar-refractivity contribution in [3.63, 3.8) is 0 Å². The molecule has 0 bridgehead atoms. The normalized spacial score (nSPS) is 18.3. The van der Waals surface area contributed by atoms with E-state index in [0.717, 1.165) is 42.2 Å². The average Bonchev–Trinajstić information content (AvgIpc) is 3.82. The first kappa shape index (κ1) is 25.2. The van der Waals surface area contributed by atoms with Crippen LogP contribution in [0.5, 0.6) is 0 Å². The molecule has 4 aromatic heterocycles. The standard InChI is InChI=1S/C27H27F3N8OS/c28-27(29,30)17-5-8-36(9-6-17)22-12-32-19(11-21(22)37-13-20(33-15-37)16-1-2-16)25(39)34-23-14-40-26(35-23)24-31-7-10-38(24)18-3-4-18/h7,10-18H,1-6,8-9H2,(H,34,39). The molecule has 13 heteroatoms. The SMILES string of the molecule is O=C(Nc1csc(-c2nccn2C2CC2)n1)c1cc(-n2cnc(C3CC3)c2)c(N2CCC(C(F)(F)F)CC2)cn1. The lowest BCUT2D eigenvalue weighted by Crippen LogP contribution is -2.39. The molecule has 0 aromatic carbocycles. The molecule has 5 heterocycles. The van der Waals surface area contributed by atoms with E-state index in [1.165, 1.54) is 11.3 Å². The van der Waals surface area contributed by atoms with Crippen LogP contribution in [0.1, 0.15) is 66.7 Å². The highest BCUT2D eigenvalue weighted by Crippen LogP contribution is 2.41. The fourth-order valence-corrected chi connectivity index (χ4v) is 6.01. The Hall–Kier alpha value is -3.74. The van der Waals surface area contributed by atoms with E-state index in [1.807, 2.05) is 21.9 Å². The molecule has 4 aromatic rings. The largest absolute Gasteiger partial charge is 0.391 e. The third-order valence-corrected chi connectivity index (χ3v) is 8.65. The highest BCUT2D eigenvalue weighted by Gasteiger charge is 2.41. The highest BCUT2D eigenvalue weighted by molar-refractivity contribution is 7.13. The molecule has 2 aliphatic carbocycles. The third-order valence-electron chi connectivity index (χ3n) is 7.82. The number of anilines is 2. The maximum atomic E-state index is 13.3. The number of aromatic nitrogens is 6. The van der Waals surface area contributed by atoms with Crippen molar-refractivity contribution in [3.8, 4) is 16.5 Å². The molecule has 40 heavy (non-hydrogen) atoms. The fourth-order valence-electron chi connectivity index (χ4n) is 5.26. The number of hydrogen-bond acceptors (Lipinski definition) is 7. The van der Waals surface area contributed by atoms with Crippen LogP contribution >= 0.6 is 11.3 Å². The molecule has 3 fully saturated rings. The summed E-state index contributed by atoms with van der Waals surface area (Å²) in [6.07, 6.45) is 9.22. The molecule has 0 unspecified atom stereocenters.